The molecule has 0 atom stereocenters. The van der Waals surface area contributed by atoms with E-state index in [9.17, 15) is 14.4 Å². The Balaban J connectivity index is 1.76. The Bertz CT molecular complexity index is 1380. The fraction of sp³-hybridized carbons (Fsp3) is 0.296. The van der Waals surface area contributed by atoms with Gasteiger partial charge >= 0.3 is 0 Å². The lowest BCUT2D eigenvalue weighted by molar-refractivity contribution is -0.133. The van der Waals surface area contributed by atoms with Crippen LogP contribution in [0.1, 0.15) is 41.3 Å². The Morgan fingerprint density at radius 2 is 1.76 bits per heavy atom. The van der Waals surface area contributed by atoms with Gasteiger partial charge in [-0.3, -0.25) is 19.0 Å². The van der Waals surface area contributed by atoms with Gasteiger partial charge in [-0.1, -0.05) is 60.5 Å². The van der Waals surface area contributed by atoms with Gasteiger partial charge in [0.25, 0.3) is 5.56 Å². The third-order valence-electron chi connectivity index (χ3n) is 6.14. The zero-order valence-corrected chi connectivity index (χ0v) is 20.9. The lowest BCUT2D eigenvalue weighted by Crippen LogP contribution is -2.43. The SMILES string of the molecule is Cc1ccc(/C=c2/s/c(=C/C(=O)c3ccccc3Cl)n(CC(=O)N3CCC(C)CC3)c2=O)cc1. The first-order chi connectivity index (χ1) is 16.3. The Morgan fingerprint density at radius 1 is 1.09 bits per heavy atom. The molecule has 4 rings (SSSR count). The molecule has 0 radical (unpaired) electrons. The molecule has 1 aliphatic heterocycles. The van der Waals surface area contributed by atoms with E-state index in [1.54, 1.807) is 30.3 Å². The van der Waals surface area contributed by atoms with Gasteiger partial charge in [-0.15, -0.1) is 11.3 Å². The van der Waals surface area contributed by atoms with Gasteiger partial charge < -0.3 is 4.90 Å². The van der Waals surface area contributed by atoms with Crippen molar-refractivity contribution in [1.29, 1.82) is 0 Å². The van der Waals surface area contributed by atoms with E-state index < -0.39 is 0 Å². The first kappa shape index (κ1) is 24.2. The van der Waals surface area contributed by atoms with Crippen LogP contribution in [0.25, 0.3) is 12.2 Å². The van der Waals surface area contributed by atoms with Crippen LogP contribution in [0.4, 0.5) is 0 Å². The summed E-state index contributed by atoms with van der Waals surface area (Å²) in [5, 5.41) is 0.346. The molecule has 0 spiro atoms. The van der Waals surface area contributed by atoms with Crippen molar-refractivity contribution in [3.63, 3.8) is 0 Å². The maximum absolute atomic E-state index is 13.3. The smallest absolute Gasteiger partial charge is 0.269 e. The maximum Gasteiger partial charge on any atom is 0.269 e. The Morgan fingerprint density at radius 3 is 2.44 bits per heavy atom. The molecule has 3 aromatic rings. The molecular formula is C27H27ClN2O3S. The number of thiazole rings is 1. The first-order valence-electron chi connectivity index (χ1n) is 11.4. The molecule has 5 nitrogen and oxygen atoms in total. The minimum Gasteiger partial charge on any atom is -0.341 e. The number of benzene rings is 2. The molecule has 0 N–H and O–H groups in total. The third kappa shape index (κ3) is 5.57. The number of nitrogens with zero attached hydrogens (tertiary/aromatic N) is 2. The molecule has 176 valence electrons. The van der Waals surface area contributed by atoms with Crippen molar-refractivity contribution >= 4 is 46.8 Å². The summed E-state index contributed by atoms with van der Waals surface area (Å²) in [5.41, 5.74) is 2.09. The lowest BCUT2D eigenvalue weighted by atomic mass is 9.99. The van der Waals surface area contributed by atoms with Crippen LogP contribution in [0, 0.1) is 12.8 Å². The molecule has 7 heteroatoms. The summed E-state index contributed by atoms with van der Waals surface area (Å²) in [6.45, 7) is 5.48. The molecule has 1 fully saturated rings. The third-order valence-corrected chi connectivity index (χ3v) is 7.52. The highest BCUT2D eigenvalue weighted by molar-refractivity contribution is 7.07. The number of likely N-dealkylation sites (tertiary alicyclic amines) is 1. The second-order valence-corrected chi connectivity index (χ2v) is 10.3. The zero-order valence-electron chi connectivity index (χ0n) is 19.3. The zero-order chi connectivity index (χ0) is 24.2. The van der Waals surface area contributed by atoms with Crippen molar-refractivity contribution in [3.8, 4) is 0 Å². The summed E-state index contributed by atoms with van der Waals surface area (Å²) >= 11 is 7.41. The van der Waals surface area contributed by atoms with E-state index in [0.29, 0.717) is 38.8 Å². The molecule has 2 aromatic carbocycles. The number of hydrogen-bond acceptors (Lipinski definition) is 4. The van der Waals surface area contributed by atoms with Crippen molar-refractivity contribution < 1.29 is 9.59 Å². The molecule has 1 amide bonds. The largest absolute Gasteiger partial charge is 0.341 e. The molecule has 1 saturated heterocycles. The molecular weight excluding hydrogens is 468 g/mol. The van der Waals surface area contributed by atoms with Crippen molar-refractivity contribution in [3.05, 3.63) is 89.8 Å². The number of ketones is 1. The Kier molecular flexibility index (Phi) is 7.49. The van der Waals surface area contributed by atoms with Crippen molar-refractivity contribution in [1.82, 2.24) is 9.47 Å². The fourth-order valence-electron chi connectivity index (χ4n) is 3.95. The molecule has 2 heterocycles. The molecule has 1 aliphatic rings. The normalized spacial score (nSPS) is 15.7. The average Bonchev–Trinajstić information content (AvgIpc) is 3.10. The Hall–Kier alpha value is -2.96. The predicted molar refractivity (Wildman–Crippen MR) is 138 cm³/mol. The van der Waals surface area contributed by atoms with Gasteiger partial charge in [0.05, 0.1) is 9.55 Å². The van der Waals surface area contributed by atoms with Crippen LogP contribution in [-0.2, 0) is 11.3 Å². The fourth-order valence-corrected chi connectivity index (χ4v) is 5.22. The maximum atomic E-state index is 13.3. The molecule has 0 bridgehead atoms. The number of carbonyl (C=O) groups is 2. The van der Waals surface area contributed by atoms with Gasteiger partial charge in [-0.2, -0.15) is 0 Å². The van der Waals surface area contributed by atoms with E-state index in [1.165, 1.54) is 22.0 Å². The van der Waals surface area contributed by atoms with E-state index in [4.69, 9.17) is 11.6 Å². The monoisotopic (exact) mass is 494 g/mol. The number of hydrogen-bond donors (Lipinski definition) is 0. The topological polar surface area (TPSA) is 59.4 Å². The number of piperidine rings is 1. The summed E-state index contributed by atoms with van der Waals surface area (Å²) in [7, 11) is 0. The summed E-state index contributed by atoms with van der Waals surface area (Å²) in [4.78, 5) is 41.2. The highest BCUT2D eigenvalue weighted by atomic mass is 35.5. The van der Waals surface area contributed by atoms with E-state index in [2.05, 4.69) is 6.92 Å². The van der Waals surface area contributed by atoms with Crippen molar-refractivity contribution in [2.24, 2.45) is 5.92 Å². The number of Topliss-reactive ketones (excluding diaryl/α,β-unsaturated/α-hetero) is 1. The summed E-state index contributed by atoms with van der Waals surface area (Å²) in [6, 6.07) is 14.6. The van der Waals surface area contributed by atoms with Crippen LogP contribution in [0.2, 0.25) is 5.02 Å². The summed E-state index contributed by atoms with van der Waals surface area (Å²) in [6.07, 6.45) is 5.13. The predicted octanol–water partition coefficient (Wildman–Crippen LogP) is 3.62. The second kappa shape index (κ2) is 10.5. The van der Waals surface area contributed by atoms with Gasteiger partial charge in [0, 0.05) is 24.7 Å². The average molecular weight is 495 g/mol. The molecule has 0 saturated carbocycles. The number of carbonyl (C=O) groups excluding carboxylic acids is 2. The minimum absolute atomic E-state index is 0.0902. The highest BCUT2D eigenvalue weighted by Crippen LogP contribution is 2.17. The van der Waals surface area contributed by atoms with Gasteiger partial charge in [0.2, 0.25) is 5.91 Å². The first-order valence-corrected chi connectivity index (χ1v) is 12.6. The Labute approximate surface area is 207 Å². The lowest BCUT2D eigenvalue weighted by Gasteiger charge is -2.30. The van der Waals surface area contributed by atoms with Gasteiger partial charge in [-0.25, -0.2) is 0 Å². The van der Waals surface area contributed by atoms with Gasteiger partial charge in [0.15, 0.2) is 5.78 Å². The minimum atomic E-state index is -0.304. The van der Waals surface area contributed by atoms with Crippen LogP contribution in [0.3, 0.4) is 0 Å². The van der Waals surface area contributed by atoms with Crippen LogP contribution in [-0.4, -0.2) is 34.2 Å². The number of amides is 1. The number of halogens is 1. The van der Waals surface area contributed by atoms with E-state index >= 15 is 0 Å². The van der Waals surface area contributed by atoms with Crippen LogP contribution < -0.4 is 14.8 Å². The second-order valence-electron chi connectivity index (χ2n) is 8.80. The van der Waals surface area contributed by atoms with Crippen LogP contribution in [0.5, 0.6) is 0 Å². The van der Waals surface area contributed by atoms with Gasteiger partial charge in [0.1, 0.15) is 11.2 Å². The molecule has 0 aliphatic carbocycles. The molecule has 34 heavy (non-hydrogen) atoms. The molecule has 1 aromatic heterocycles. The van der Waals surface area contributed by atoms with Gasteiger partial charge in [-0.05, 0) is 49.5 Å². The molecule has 0 unspecified atom stereocenters. The summed E-state index contributed by atoms with van der Waals surface area (Å²) in [5.74, 6) is 0.191. The van der Waals surface area contributed by atoms with E-state index in [-0.39, 0.29) is 23.8 Å². The van der Waals surface area contributed by atoms with Crippen LogP contribution >= 0.6 is 22.9 Å². The van der Waals surface area contributed by atoms with E-state index in [0.717, 1.165) is 24.0 Å². The number of rotatable bonds is 5. The van der Waals surface area contributed by atoms with Crippen molar-refractivity contribution in [2.45, 2.75) is 33.2 Å². The summed E-state index contributed by atoms with van der Waals surface area (Å²) < 4.78 is 2.33. The van der Waals surface area contributed by atoms with E-state index in [1.807, 2.05) is 36.1 Å². The highest BCUT2D eigenvalue weighted by Gasteiger charge is 2.21. The van der Waals surface area contributed by atoms with Crippen molar-refractivity contribution in [2.75, 3.05) is 13.1 Å². The number of aromatic nitrogens is 1. The number of aryl methyl sites for hydroxylation is 1. The standard InChI is InChI=1S/C27H27ClN2O3S/c1-18-7-9-20(10-8-18)15-24-27(33)30(17-25(32)29-13-11-19(2)12-14-29)26(34-24)16-23(31)21-5-3-4-6-22(21)28/h3-10,15-16,19H,11-14,17H2,1-2H3/b24-15+,26-16+. The van der Waals surface area contributed by atoms with Crippen LogP contribution in [0.15, 0.2) is 53.3 Å². The quantitative estimate of drug-likeness (QED) is 0.509.